The molecule has 4 heteroatoms. The molecule has 1 aliphatic rings. The summed E-state index contributed by atoms with van der Waals surface area (Å²) in [5.74, 6) is 0.860. The molecule has 1 atom stereocenters. The molecule has 1 aromatic rings. The van der Waals surface area contributed by atoms with E-state index in [9.17, 15) is 0 Å². The van der Waals surface area contributed by atoms with Crippen LogP contribution in [0, 0.1) is 0 Å². The molecule has 0 radical (unpaired) electrons. The molecule has 2 rings (SSSR count). The Bertz CT molecular complexity index is 409. The lowest BCUT2D eigenvalue weighted by atomic mass is 10.1. The SMILES string of the molecule is CC(C)(C)NCc1ccncc1OCC1CCCCO1. The van der Waals surface area contributed by atoms with Crippen molar-refractivity contribution in [2.45, 2.75) is 58.2 Å². The molecule has 0 saturated carbocycles. The monoisotopic (exact) mass is 278 g/mol. The van der Waals surface area contributed by atoms with Gasteiger partial charge in [-0.05, 0) is 46.1 Å². The summed E-state index contributed by atoms with van der Waals surface area (Å²) in [5.41, 5.74) is 1.23. The van der Waals surface area contributed by atoms with Crippen molar-refractivity contribution >= 4 is 0 Å². The van der Waals surface area contributed by atoms with Crippen LogP contribution < -0.4 is 10.1 Å². The van der Waals surface area contributed by atoms with E-state index in [1.165, 1.54) is 12.8 Å². The number of aromatic nitrogens is 1. The van der Waals surface area contributed by atoms with Crippen LogP contribution in [0.3, 0.4) is 0 Å². The first-order valence-corrected chi connectivity index (χ1v) is 7.47. The van der Waals surface area contributed by atoms with Crippen molar-refractivity contribution in [3.63, 3.8) is 0 Å². The maximum Gasteiger partial charge on any atom is 0.142 e. The summed E-state index contributed by atoms with van der Waals surface area (Å²) in [7, 11) is 0. The molecule has 1 aliphatic heterocycles. The average Bonchev–Trinajstić information content (AvgIpc) is 2.44. The van der Waals surface area contributed by atoms with Crippen LogP contribution in [0.2, 0.25) is 0 Å². The minimum atomic E-state index is 0.0903. The summed E-state index contributed by atoms with van der Waals surface area (Å²) in [6, 6.07) is 2.01. The van der Waals surface area contributed by atoms with Gasteiger partial charge in [0.25, 0.3) is 0 Å². The molecule has 1 unspecified atom stereocenters. The lowest BCUT2D eigenvalue weighted by Crippen LogP contribution is -2.35. The fourth-order valence-corrected chi connectivity index (χ4v) is 2.17. The van der Waals surface area contributed by atoms with E-state index in [0.29, 0.717) is 6.61 Å². The Morgan fingerprint density at radius 2 is 2.25 bits per heavy atom. The molecule has 4 nitrogen and oxygen atoms in total. The Hall–Kier alpha value is -1.13. The number of hydrogen-bond acceptors (Lipinski definition) is 4. The Kier molecular flexibility index (Phi) is 5.38. The molecular formula is C16H26N2O2. The largest absolute Gasteiger partial charge is 0.489 e. The minimum absolute atomic E-state index is 0.0903. The molecule has 20 heavy (non-hydrogen) atoms. The third kappa shape index (κ3) is 5.10. The van der Waals surface area contributed by atoms with Crippen molar-refractivity contribution in [3.05, 3.63) is 24.0 Å². The highest BCUT2D eigenvalue weighted by atomic mass is 16.5. The van der Waals surface area contributed by atoms with Crippen LogP contribution in [0.15, 0.2) is 18.5 Å². The molecule has 0 spiro atoms. The van der Waals surface area contributed by atoms with Gasteiger partial charge in [0.15, 0.2) is 0 Å². The van der Waals surface area contributed by atoms with Gasteiger partial charge in [0.2, 0.25) is 0 Å². The number of rotatable bonds is 5. The van der Waals surface area contributed by atoms with Gasteiger partial charge < -0.3 is 14.8 Å². The highest BCUT2D eigenvalue weighted by molar-refractivity contribution is 5.29. The van der Waals surface area contributed by atoms with Crippen molar-refractivity contribution in [3.8, 4) is 5.75 Å². The van der Waals surface area contributed by atoms with E-state index in [1.54, 1.807) is 6.20 Å². The summed E-state index contributed by atoms with van der Waals surface area (Å²) >= 11 is 0. The van der Waals surface area contributed by atoms with Crippen LogP contribution in [0.5, 0.6) is 5.75 Å². The van der Waals surface area contributed by atoms with E-state index in [4.69, 9.17) is 9.47 Å². The topological polar surface area (TPSA) is 43.4 Å². The molecule has 0 aromatic carbocycles. The van der Waals surface area contributed by atoms with E-state index < -0.39 is 0 Å². The molecule has 2 heterocycles. The van der Waals surface area contributed by atoms with Crippen LogP contribution in [0.25, 0.3) is 0 Å². The lowest BCUT2D eigenvalue weighted by Gasteiger charge is -2.24. The first-order valence-electron chi connectivity index (χ1n) is 7.47. The van der Waals surface area contributed by atoms with E-state index in [0.717, 1.165) is 30.9 Å². The summed E-state index contributed by atoms with van der Waals surface area (Å²) in [6.45, 7) is 8.74. The van der Waals surface area contributed by atoms with Gasteiger partial charge in [-0.25, -0.2) is 0 Å². The van der Waals surface area contributed by atoms with Gasteiger partial charge >= 0.3 is 0 Å². The number of nitrogens with one attached hydrogen (secondary N) is 1. The maximum atomic E-state index is 5.91. The normalized spacial score (nSPS) is 19.9. The number of ether oxygens (including phenoxy) is 2. The van der Waals surface area contributed by atoms with Crippen molar-refractivity contribution in [1.82, 2.24) is 10.3 Å². The van der Waals surface area contributed by atoms with Gasteiger partial charge in [0.1, 0.15) is 12.4 Å². The lowest BCUT2D eigenvalue weighted by molar-refractivity contribution is -0.0113. The van der Waals surface area contributed by atoms with Crippen LogP contribution in [-0.4, -0.2) is 29.8 Å². The van der Waals surface area contributed by atoms with Crippen LogP contribution in [0.1, 0.15) is 45.6 Å². The second-order valence-electron chi connectivity index (χ2n) is 6.39. The van der Waals surface area contributed by atoms with Crippen molar-refractivity contribution in [1.29, 1.82) is 0 Å². The molecule has 1 N–H and O–H groups in total. The van der Waals surface area contributed by atoms with E-state index >= 15 is 0 Å². The fraction of sp³-hybridized carbons (Fsp3) is 0.688. The molecule has 1 fully saturated rings. The zero-order valence-corrected chi connectivity index (χ0v) is 12.8. The van der Waals surface area contributed by atoms with Gasteiger partial charge in [-0.3, -0.25) is 4.98 Å². The zero-order chi connectivity index (χ0) is 14.4. The van der Waals surface area contributed by atoms with E-state index in [2.05, 4.69) is 31.1 Å². The second-order valence-corrected chi connectivity index (χ2v) is 6.39. The highest BCUT2D eigenvalue weighted by Crippen LogP contribution is 2.19. The standard InChI is InChI=1S/C16H26N2O2/c1-16(2,3)18-10-13-7-8-17-11-15(13)20-12-14-6-4-5-9-19-14/h7-8,11,14,18H,4-6,9-10,12H2,1-3H3. The molecule has 0 bridgehead atoms. The van der Waals surface area contributed by atoms with Crippen molar-refractivity contribution in [2.24, 2.45) is 0 Å². The minimum Gasteiger partial charge on any atom is -0.489 e. The van der Waals surface area contributed by atoms with Crippen LogP contribution >= 0.6 is 0 Å². The van der Waals surface area contributed by atoms with Gasteiger partial charge in [0, 0.05) is 30.5 Å². The van der Waals surface area contributed by atoms with Gasteiger partial charge in [0.05, 0.1) is 12.3 Å². The van der Waals surface area contributed by atoms with E-state index in [1.807, 2.05) is 12.3 Å². The Morgan fingerprint density at radius 1 is 1.40 bits per heavy atom. The average molecular weight is 278 g/mol. The Balaban J connectivity index is 1.89. The first-order chi connectivity index (χ1) is 9.54. The predicted octanol–water partition coefficient (Wildman–Crippen LogP) is 2.92. The second kappa shape index (κ2) is 7.04. The molecule has 1 aromatic heterocycles. The number of nitrogens with zero attached hydrogens (tertiary/aromatic N) is 1. The third-order valence-electron chi connectivity index (χ3n) is 3.38. The molecule has 1 saturated heterocycles. The van der Waals surface area contributed by atoms with Gasteiger partial charge in [-0.1, -0.05) is 0 Å². The third-order valence-corrected chi connectivity index (χ3v) is 3.38. The number of pyridine rings is 1. The van der Waals surface area contributed by atoms with Crippen LogP contribution in [-0.2, 0) is 11.3 Å². The predicted molar refractivity (Wildman–Crippen MR) is 79.9 cm³/mol. The first kappa shape index (κ1) is 15.3. The van der Waals surface area contributed by atoms with Crippen molar-refractivity contribution in [2.75, 3.05) is 13.2 Å². The molecule has 0 aliphatic carbocycles. The number of hydrogen-bond donors (Lipinski definition) is 1. The Morgan fingerprint density at radius 3 is 2.95 bits per heavy atom. The highest BCUT2D eigenvalue weighted by Gasteiger charge is 2.16. The fourth-order valence-electron chi connectivity index (χ4n) is 2.17. The molecular weight excluding hydrogens is 252 g/mol. The van der Waals surface area contributed by atoms with E-state index in [-0.39, 0.29) is 11.6 Å². The summed E-state index contributed by atoms with van der Waals surface area (Å²) in [4.78, 5) is 4.16. The summed E-state index contributed by atoms with van der Waals surface area (Å²) in [6.07, 6.45) is 7.33. The molecule has 112 valence electrons. The van der Waals surface area contributed by atoms with Gasteiger partial charge in [-0.15, -0.1) is 0 Å². The zero-order valence-electron chi connectivity index (χ0n) is 12.8. The van der Waals surface area contributed by atoms with Gasteiger partial charge in [-0.2, -0.15) is 0 Å². The maximum absolute atomic E-state index is 5.91. The Labute approximate surface area is 121 Å². The quantitative estimate of drug-likeness (QED) is 0.899. The van der Waals surface area contributed by atoms with Crippen molar-refractivity contribution < 1.29 is 9.47 Å². The smallest absolute Gasteiger partial charge is 0.142 e. The summed E-state index contributed by atoms with van der Waals surface area (Å²) < 4.78 is 11.6. The summed E-state index contributed by atoms with van der Waals surface area (Å²) in [5, 5.41) is 3.48. The molecule has 0 amide bonds. The van der Waals surface area contributed by atoms with Crippen LogP contribution in [0.4, 0.5) is 0 Å².